The molecule has 1 N–H and O–H groups in total. The van der Waals surface area contributed by atoms with Gasteiger partial charge >= 0.3 is 12.1 Å². The van der Waals surface area contributed by atoms with Crippen LogP contribution in [0.25, 0.3) is 0 Å². The summed E-state index contributed by atoms with van der Waals surface area (Å²) in [5.74, 6) is 0.475. The predicted molar refractivity (Wildman–Crippen MR) is 113 cm³/mol. The van der Waals surface area contributed by atoms with Crippen LogP contribution in [0.3, 0.4) is 0 Å². The van der Waals surface area contributed by atoms with E-state index in [1.54, 1.807) is 6.92 Å². The number of aliphatic imine (C=N–C) groups is 1. The van der Waals surface area contributed by atoms with Gasteiger partial charge in [-0.25, -0.2) is 4.99 Å². The topological polar surface area (TPSA) is 53.9 Å². The van der Waals surface area contributed by atoms with E-state index in [0.717, 1.165) is 12.1 Å². The number of esters is 1. The summed E-state index contributed by atoms with van der Waals surface area (Å²) in [6, 6.07) is 5.04. The number of guanidine groups is 1. The average molecular weight is 513 g/mol. The lowest BCUT2D eigenvalue weighted by atomic mass is 9.97. The Morgan fingerprint density at radius 2 is 1.82 bits per heavy atom. The fraction of sp³-hybridized carbons (Fsp3) is 0.579. The van der Waals surface area contributed by atoms with Crippen LogP contribution in [0.5, 0.6) is 0 Å². The Balaban J connectivity index is 0.00000392. The standard InChI is InChI=1S/C19H26F3N3O2.HI/c1-3-23-18(25-11-9-15(10-12-25)17(26)27-4-2)24-13-14-5-7-16(8-6-14)19(20,21)22;/h5-8,15H,3-4,9-13H2,1-2H3,(H,23,24);1H. The summed E-state index contributed by atoms with van der Waals surface area (Å²) < 4.78 is 43.0. The molecule has 1 saturated heterocycles. The monoisotopic (exact) mass is 513 g/mol. The van der Waals surface area contributed by atoms with E-state index in [9.17, 15) is 18.0 Å². The van der Waals surface area contributed by atoms with E-state index in [-0.39, 0.29) is 42.4 Å². The Hall–Kier alpha value is -1.52. The highest BCUT2D eigenvalue weighted by Gasteiger charge is 2.30. The summed E-state index contributed by atoms with van der Waals surface area (Å²) in [5, 5.41) is 3.21. The van der Waals surface area contributed by atoms with Crippen molar-refractivity contribution < 1.29 is 22.7 Å². The van der Waals surface area contributed by atoms with Crippen LogP contribution in [0.2, 0.25) is 0 Å². The number of rotatable bonds is 5. The van der Waals surface area contributed by atoms with Gasteiger partial charge in [0.15, 0.2) is 5.96 Å². The first-order chi connectivity index (χ1) is 12.8. The second-order valence-corrected chi connectivity index (χ2v) is 6.38. The number of alkyl halides is 3. The molecule has 9 heteroatoms. The molecule has 1 aromatic rings. The molecular formula is C19H27F3IN3O2. The van der Waals surface area contributed by atoms with Crippen LogP contribution in [0, 0.1) is 5.92 Å². The minimum absolute atomic E-state index is 0. The molecule has 1 heterocycles. The number of hydrogen-bond donors (Lipinski definition) is 1. The van der Waals surface area contributed by atoms with Crippen molar-refractivity contribution in [2.45, 2.75) is 39.4 Å². The van der Waals surface area contributed by atoms with Gasteiger partial charge < -0.3 is 15.0 Å². The summed E-state index contributed by atoms with van der Waals surface area (Å²) in [5.41, 5.74) is 0.0444. The third-order valence-corrected chi connectivity index (χ3v) is 4.44. The van der Waals surface area contributed by atoms with Crippen molar-refractivity contribution in [3.63, 3.8) is 0 Å². The molecule has 28 heavy (non-hydrogen) atoms. The third-order valence-electron chi connectivity index (χ3n) is 4.44. The minimum Gasteiger partial charge on any atom is -0.466 e. The molecule has 0 radical (unpaired) electrons. The van der Waals surface area contributed by atoms with E-state index < -0.39 is 11.7 Å². The number of benzene rings is 1. The molecule has 0 aliphatic carbocycles. The number of piperidine rings is 1. The summed E-state index contributed by atoms with van der Waals surface area (Å²) in [6.07, 6.45) is -2.94. The van der Waals surface area contributed by atoms with E-state index in [1.165, 1.54) is 12.1 Å². The van der Waals surface area contributed by atoms with Crippen molar-refractivity contribution in [2.24, 2.45) is 10.9 Å². The average Bonchev–Trinajstić information content (AvgIpc) is 2.65. The fourth-order valence-electron chi connectivity index (χ4n) is 2.98. The van der Waals surface area contributed by atoms with Crippen molar-refractivity contribution in [1.82, 2.24) is 10.2 Å². The zero-order valence-corrected chi connectivity index (χ0v) is 18.4. The summed E-state index contributed by atoms with van der Waals surface area (Å²) >= 11 is 0. The number of nitrogens with zero attached hydrogens (tertiary/aromatic N) is 2. The Morgan fingerprint density at radius 3 is 2.32 bits per heavy atom. The smallest absolute Gasteiger partial charge is 0.416 e. The molecule has 0 atom stereocenters. The van der Waals surface area contributed by atoms with E-state index in [0.29, 0.717) is 50.6 Å². The maximum atomic E-state index is 12.6. The van der Waals surface area contributed by atoms with E-state index in [4.69, 9.17) is 4.74 Å². The van der Waals surface area contributed by atoms with E-state index in [2.05, 4.69) is 15.2 Å². The Morgan fingerprint density at radius 1 is 1.21 bits per heavy atom. The fourth-order valence-corrected chi connectivity index (χ4v) is 2.98. The quantitative estimate of drug-likeness (QED) is 0.279. The SMILES string of the molecule is CCNC(=NCc1ccc(C(F)(F)F)cc1)N1CCC(C(=O)OCC)CC1.I. The van der Waals surface area contributed by atoms with Crippen LogP contribution in [0.4, 0.5) is 13.2 Å². The van der Waals surface area contributed by atoms with Crippen molar-refractivity contribution in [3.8, 4) is 0 Å². The molecule has 0 aromatic heterocycles. The van der Waals surface area contributed by atoms with Gasteiger partial charge in [0.25, 0.3) is 0 Å². The molecule has 0 amide bonds. The van der Waals surface area contributed by atoms with Gasteiger partial charge in [-0.15, -0.1) is 24.0 Å². The molecule has 158 valence electrons. The highest BCUT2D eigenvalue weighted by atomic mass is 127. The second-order valence-electron chi connectivity index (χ2n) is 6.38. The highest BCUT2D eigenvalue weighted by Crippen LogP contribution is 2.29. The molecule has 1 aromatic carbocycles. The van der Waals surface area contributed by atoms with Gasteiger partial charge in [-0.2, -0.15) is 13.2 Å². The van der Waals surface area contributed by atoms with Crippen LogP contribution < -0.4 is 5.32 Å². The maximum absolute atomic E-state index is 12.6. The van der Waals surface area contributed by atoms with Crippen molar-refractivity contribution >= 4 is 35.9 Å². The summed E-state index contributed by atoms with van der Waals surface area (Å²) in [4.78, 5) is 18.5. The maximum Gasteiger partial charge on any atom is 0.416 e. The molecule has 0 saturated carbocycles. The van der Waals surface area contributed by atoms with Gasteiger partial charge in [-0.3, -0.25) is 4.79 Å². The van der Waals surface area contributed by atoms with Crippen LogP contribution in [-0.2, 0) is 22.3 Å². The van der Waals surface area contributed by atoms with Crippen LogP contribution in [0.1, 0.15) is 37.8 Å². The largest absolute Gasteiger partial charge is 0.466 e. The van der Waals surface area contributed by atoms with Gasteiger partial charge in [0.1, 0.15) is 0 Å². The minimum atomic E-state index is -4.33. The molecule has 0 spiro atoms. The molecule has 5 nitrogen and oxygen atoms in total. The lowest BCUT2D eigenvalue weighted by Crippen LogP contribution is -2.46. The number of halogens is 4. The van der Waals surface area contributed by atoms with Crippen molar-refractivity contribution in [2.75, 3.05) is 26.2 Å². The van der Waals surface area contributed by atoms with Crippen LogP contribution >= 0.6 is 24.0 Å². The van der Waals surface area contributed by atoms with Gasteiger partial charge in [0.2, 0.25) is 0 Å². The molecule has 1 fully saturated rings. The van der Waals surface area contributed by atoms with Crippen molar-refractivity contribution in [3.05, 3.63) is 35.4 Å². The molecule has 1 aliphatic heterocycles. The Labute approximate surface area is 180 Å². The highest BCUT2D eigenvalue weighted by molar-refractivity contribution is 14.0. The number of carbonyl (C=O) groups is 1. The molecule has 2 rings (SSSR count). The van der Waals surface area contributed by atoms with E-state index in [1.807, 2.05) is 6.92 Å². The Bertz CT molecular complexity index is 643. The zero-order chi connectivity index (χ0) is 19.9. The van der Waals surface area contributed by atoms with Gasteiger partial charge in [-0.1, -0.05) is 12.1 Å². The van der Waals surface area contributed by atoms with Gasteiger partial charge in [-0.05, 0) is 44.4 Å². The van der Waals surface area contributed by atoms with Crippen LogP contribution in [0.15, 0.2) is 29.3 Å². The number of likely N-dealkylation sites (tertiary alicyclic amines) is 1. The first-order valence-corrected chi connectivity index (χ1v) is 9.21. The second kappa shape index (κ2) is 11.5. The molecule has 0 unspecified atom stereocenters. The number of hydrogen-bond acceptors (Lipinski definition) is 3. The number of nitrogens with one attached hydrogen (secondary N) is 1. The third kappa shape index (κ3) is 7.14. The molecular weight excluding hydrogens is 486 g/mol. The first kappa shape index (κ1) is 24.5. The molecule has 1 aliphatic rings. The Kier molecular flexibility index (Phi) is 10.0. The summed E-state index contributed by atoms with van der Waals surface area (Å²) in [7, 11) is 0. The number of carbonyl (C=O) groups excluding carboxylic acids is 1. The van der Waals surface area contributed by atoms with Gasteiger partial charge in [0, 0.05) is 19.6 Å². The van der Waals surface area contributed by atoms with Crippen LogP contribution in [-0.4, -0.2) is 43.1 Å². The first-order valence-electron chi connectivity index (χ1n) is 9.21. The lowest BCUT2D eigenvalue weighted by molar-refractivity contribution is -0.149. The van der Waals surface area contributed by atoms with Crippen molar-refractivity contribution in [1.29, 1.82) is 0 Å². The summed E-state index contributed by atoms with van der Waals surface area (Å²) in [6.45, 7) is 6.48. The predicted octanol–water partition coefficient (Wildman–Crippen LogP) is 4.06. The van der Waals surface area contributed by atoms with E-state index >= 15 is 0 Å². The number of ether oxygens (including phenoxy) is 1. The molecule has 0 bridgehead atoms. The lowest BCUT2D eigenvalue weighted by Gasteiger charge is -2.33. The van der Waals surface area contributed by atoms with Gasteiger partial charge in [0.05, 0.1) is 24.6 Å². The zero-order valence-electron chi connectivity index (χ0n) is 16.1. The normalized spacial score (nSPS) is 15.8.